The van der Waals surface area contributed by atoms with Crippen LogP contribution in [-0.2, 0) is 13.2 Å². The number of hydrogen-bond acceptors (Lipinski definition) is 3. The maximum atomic E-state index is 6.49. The van der Waals surface area contributed by atoms with Crippen molar-refractivity contribution in [3.05, 3.63) is 56.5 Å². The second-order valence-corrected chi connectivity index (χ2v) is 7.83. The van der Waals surface area contributed by atoms with E-state index in [-0.39, 0.29) is 0 Å². The van der Waals surface area contributed by atoms with Gasteiger partial charge < -0.3 is 14.8 Å². The molecule has 154 valence electrons. The Bertz CT molecular complexity index is 753. The topological polar surface area (TPSA) is 30.5 Å². The minimum Gasteiger partial charge on any atom is -0.490 e. The molecule has 0 spiro atoms. The average molecular weight is 445 g/mol. The molecule has 2 aromatic carbocycles. The van der Waals surface area contributed by atoms with Crippen molar-refractivity contribution in [1.82, 2.24) is 5.32 Å². The van der Waals surface area contributed by atoms with Crippen LogP contribution in [0.3, 0.4) is 0 Å². The lowest BCUT2D eigenvalue weighted by Crippen LogP contribution is -2.15. The third-order valence-electron chi connectivity index (χ3n) is 4.27. The second kappa shape index (κ2) is 12.4. The van der Waals surface area contributed by atoms with E-state index in [1.807, 2.05) is 25.1 Å². The van der Waals surface area contributed by atoms with E-state index in [4.69, 9.17) is 44.3 Å². The molecule has 0 bridgehead atoms. The van der Waals surface area contributed by atoms with Crippen LogP contribution in [0, 0.1) is 0 Å². The molecule has 2 aromatic rings. The lowest BCUT2D eigenvalue weighted by atomic mass is 10.1. The van der Waals surface area contributed by atoms with Crippen molar-refractivity contribution in [3.8, 4) is 11.5 Å². The van der Waals surface area contributed by atoms with Gasteiger partial charge >= 0.3 is 0 Å². The molecule has 0 unspecified atom stereocenters. The third kappa shape index (κ3) is 7.36. The summed E-state index contributed by atoms with van der Waals surface area (Å²) in [6, 6.07) is 9.32. The lowest BCUT2D eigenvalue weighted by molar-refractivity contribution is 0.269. The fraction of sp³-hybridized carbons (Fsp3) is 0.455. The molecule has 0 radical (unpaired) electrons. The van der Waals surface area contributed by atoms with Crippen molar-refractivity contribution in [3.63, 3.8) is 0 Å². The Hall–Kier alpha value is -1.13. The second-order valence-electron chi connectivity index (χ2n) is 6.61. The van der Waals surface area contributed by atoms with Crippen LogP contribution < -0.4 is 14.8 Å². The van der Waals surface area contributed by atoms with Crippen molar-refractivity contribution >= 4 is 34.8 Å². The monoisotopic (exact) mass is 443 g/mol. The van der Waals surface area contributed by atoms with E-state index in [0.29, 0.717) is 39.8 Å². The van der Waals surface area contributed by atoms with E-state index in [2.05, 4.69) is 12.2 Å². The van der Waals surface area contributed by atoms with E-state index >= 15 is 0 Å². The molecule has 0 saturated heterocycles. The molecule has 0 fully saturated rings. The van der Waals surface area contributed by atoms with Crippen LogP contribution in [0.15, 0.2) is 30.3 Å². The average Bonchev–Trinajstić information content (AvgIpc) is 2.67. The third-order valence-corrected chi connectivity index (χ3v) is 5.29. The van der Waals surface area contributed by atoms with Gasteiger partial charge in [-0.2, -0.15) is 0 Å². The summed E-state index contributed by atoms with van der Waals surface area (Å²) in [5, 5.41) is 5.02. The SMILES string of the molecule is CCCCCCNCc1cc(Cl)c(OCc2ccc(Cl)c(Cl)c2)c(OCC)c1. The molecule has 0 heterocycles. The zero-order chi connectivity index (χ0) is 20.4. The fourth-order valence-corrected chi connectivity index (χ4v) is 3.43. The molecule has 6 heteroatoms. The van der Waals surface area contributed by atoms with Crippen LogP contribution in [0.5, 0.6) is 11.5 Å². The van der Waals surface area contributed by atoms with Crippen molar-refractivity contribution in [2.24, 2.45) is 0 Å². The zero-order valence-electron chi connectivity index (χ0n) is 16.5. The summed E-state index contributed by atoms with van der Waals surface area (Å²) < 4.78 is 11.7. The highest BCUT2D eigenvalue weighted by Crippen LogP contribution is 2.37. The standard InChI is InChI=1S/C22H28Cl3NO2/c1-3-5-6-7-10-26-14-17-12-20(25)22(21(13-17)27-4-2)28-15-16-8-9-18(23)19(24)11-16/h8-9,11-13,26H,3-7,10,14-15H2,1-2H3. The Labute approximate surface area is 183 Å². The molecule has 0 aliphatic carbocycles. The smallest absolute Gasteiger partial charge is 0.180 e. The van der Waals surface area contributed by atoms with Gasteiger partial charge in [0.05, 0.1) is 21.7 Å². The molecule has 0 saturated carbocycles. The number of nitrogens with one attached hydrogen (secondary N) is 1. The van der Waals surface area contributed by atoms with Gasteiger partial charge in [0.25, 0.3) is 0 Å². The summed E-state index contributed by atoms with van der Waals surface area (Å²) in [6.45, 7) is 6.76. The fourth-order valence-electron chi connectivity index (χ4n) is 2.82. The van der Waals surface area contributed by atoms with Crippen LogP contribution in [-0.4, -0.2) is 13.2 Å². The van der Waals surface area contributed by atoms with E-state index < -0.39 is 0 Å². The summed E-state index contributed by atoms with van der Waals surface area (Å²) in [6.07, 6.45) is 4.98. The lowest BCUT2D eigenvalue weighted by Gasteiger charge is -2.16. The van der Waals surface area contributed by atoms with Crippen LogP contribution in [0.1, 0.15) is 50.7 Å². The van der Waals surface area contributed by atoms with E-state index in [1.54, 1.807) is 12.1 Å². The van der Waals surface area contributed by atoms with Crippen molar-refractivity contribution in [1.29, 1.82) is 0 Å². The largest absolute Gasteiger partial charge is 0.490 e. The van der Waals surface area contributed by atoms with Gasteiger partial charge in [-0.25, -0.2) is 0 Å². The number of benzene rings is 2. The summed E-state index contributed by atoms with van der Waals surface area (Å²) >= 11 is 18.5. The molecule has 1 N–H and O–H groups in total. The Morgan fingerprint density at radius 3 is 2.32 bits per heavy atom. The first-order valence-corrected chi connectivity index (χ1v) is 10.9. The Morgan fingerprint density at radius 1 is 0.821 bits per heavy atom. The molecule has 0 aliphatic heterocycles. The van der Waals surface area contributed by atoms with Gasteiger partial charge in [-0.05, 0) is 55.3 Å². The van der Waals surface area contributed by atoms with Gasteiger partial charge in [-0.15, -0.1) is 0 Å². The van der Waals surface area contributed by atoms with Crippen LogP contribution in [0.2, 0.25) is 15.1 Å². The molecule has 2 rings (SSSR count). The number of unbranched alkanes of at least 4 members (excludes halogenated alkanes) is 3. The molecule has 0 aliphatic rings. The molecule has 0 amide bonds. The number of halogens is 3. The predicted octanol–water partition coefficient (Wildman–Crippen LogP) is 7.29. The van der Waals surface area contributed by atoms with E-state index in [0.717, 1.165) is 24.2 Å². The van der Waals surface area contributed by atoms with Gasteiger partial charge in [0.1, 0.15) is 6.61 Å². The van der Waals surface area contributed by atoms with Gasteiger partial charge in [0.2, 0.25) is 0 Å². The van der Waals surface area contributed by atoms with Gasteiger partial charge in [0, 0.05) is 6.54 Å². The quantitative estimate of drug-likeness (QED) is 0.348. The Balaban J connectivity index is 2.01. The van der Waals surface area contributed by atoms with Gasteiger partial charge in [-0.1, -0.05) is 67.1 Å². The van der Waals surface area contributed by atoms with Crippen LogP contribution in [0.4, 0.5) is 0 Å². The number of ether oxygens (including phenoxy) is 2. The predicted molar refractivity (Wildman–Crippen MR) is 119 cm³/mol. The van der Waals surface area contributed by atoms with E-state index in [9.17, 15) is 0 Å². The first-order valence-electron chi connectivity index (χ1n) is 9.77. The maximum absolute atomic E-state index is 6.49. The molecule has 28 heavy (non-hydrogen) atoms. The molecular weight excluding hydrogens is 417 g/mol. The summed E-state index contributed by atoms with van der Waals surface area (Å²) in [4.78, 5) is 0. The van der Waals surface area contributed by atoms with Crippen LogP contribution in [0.25, 0.3) is 0 Å². The minimum absolute atomic E-state index is 0.325. The first kappa shape index (κ1) is 23.2. The number of rotatable bonds is 12. The van der Waals surface area contributed by atoms with Gasteiger partial charge in [0.15, 0.2) is 11.5 Å². The van der Waals surface area contributed by atoms with Crippen LogP contribution >= 0.6 is 34.8 Å². The molecule has 3 nitrogen and oxygen atoms in total. The van der Waals surface area contributed by atoms with Crippen molar-refractivity contribution < 1.29 is 9.47 Å². The maximum Gasteiger partial charge on any atom is 0.180 e. The summed E-state index contributed by atoms with van der Waals surface area (Å²) in [5.41, 5.74) is 1.98. The van der Waals surface area contributed by atoms with E-state index in [1.165, 1.54) is 25.7 Å². The molecule has 0 atom stereocenters. The van der Waals surface area contributed by atoms with Gasteiger partial charge in [-0.3, -0.25) is 0 Å². The van der Waals surface area contributed by atoms with Crippen molar-refractivity contribution in [2.75, 3.05) is 13.2 Å². The minimum atomic E-state index is 0.325. The zero-order valence-corrected chi connectivity index (χ0v) is 18.8. The first-order chi connectivity index (χ1) is 13.5. The highest BCUT2D eigenvalue weighted by molar-refractivity contribution is 6.42. The highest BCUT2D eigenvalue weighted by atomic mass is 35.5. The Kier molecular flexibility index (Phi) is 10.3. The molecular formula is C22H28Cl3NO2. The summed E-state index contributed by atoms with van der Waals surface area (Å²) in [5.74, 6) is 1.19. The number of hydrogen-bond donors (Lipinski definition) is 1. The Morgan fingerprint density at radius 2 is 1.61 bits per heavy atom. The van der Waals surface area contributed by atoms with Crippen molar-refractivity contribution in [2.45, 2.75) is 52.7 Å². The highest BCUT2D eigenvalue weighted by Gasteiger charge is 2.13. The normalized spacial score (nSPS) is 10.9. The summed E-state index contributed by atoms with van der Waals surface area (Å²) in [7, 11) is 0. The molecule has 0 aromatic heterocycles.